The predicted molar refractivity (Wildman–Crippen MR) is 78.6 cm³/mol. The maximum atomic E-state index is 6.33. The van der Waals surface area contributed by atoms with E-state index in [1.807, 2.05) is 0 Å². The van der Waals surface area contributed by atoms with Crippen LogP contribution in [0.4, 0.5) is 5.69 Å². The molecule has 0 saturated carbocycles. The summed E-state index contributed by atoms with van der Waals surface area (Å²) in [4.78, 5) is 0. The number of nitrogen functional groups attached to an aromatic ring is 1. The van der Waals surface area contributed by atoms with Crippen LogP contribution >= 0.6 is 0 Å². The molecule has 0 atom stereocenters. The Morgan fingerprint density at radius 1 is 1.05 bits per heavy atom. The molecule has 1 saturated heterocycles. The summed E-state index contributed by atoms with van der Waals surface area (Å²) < 4.78 is 12.2. The van der Waals surface area contributed by atoms with Gasteiger partial charge in [-0.3, -0.25) is 0 Å². The first-order valence-corrected chi connectivity index (χ1v) is 7.07. The first-order valence-electron chi connectivity index (χ1n) is 7.07. The van der Waals surface area contributed by atoms with Gasteiger partial charge in [0.1, 0.15) is 0 Å². The quantitative estimate of drug-likeness (QED) is 0.620. The van der Waals surface area contributed by atoms with Crippen LogP contribution in [0, 0.1) is 0 Å². The molecule has 0 spiro atoms. The van der Waals surface area contributed by atoms with Crippen molar-refractivity contribution in [2.24, 2.45) is 0 Å². The Labute approximate surface area is 115 Å². The Hall–Kier alpha value is -0.995. The third-order valence-electron chi connectivity index (χ3n) is 4.87. The molecule has 1 aliphatic carbocycles. The van der Waals surface area contributed by atoms with Gasteiger partial charge >= 0.3 is 7.12 Å². The molecule has 0 amide bonds. The monoisotopic (exact) mass is 259 g/mol. The molecular formula is C15H22BNO2. The normalized spacial score (nSPS) is 23.7. The SMILES string of the molecule is CC1(C)OB(c2ccc3c(c2N)CCC3)OC1(C)C. The summed E-state index contributed by atoms with van der Waals surface area (Å²) in [5, 5.41) is 0. The van der Waals surface area contributed by atoms with Crippen molar-refractivity contribution < 1.29 is 9.31 Å². The van der Waals surface area contributed by atoms with E-state index in [0.717, 1.165) is 24.0 Å². The summed E-state index contributed by atoms with van der Waals surface area (Å²) in [5.41, 5.74) is 10.2. The summed E-state index contributed by atoms with van der Waals surface area (Å²) >= 11 is 0. The minimum Gasteiger partial charge on any atom is -0.399 e. The van der Waals surface area contributed by atoms with Crippen LogP contribution in [0.3, 0.4) is 0 Å². The van der Waals surface area contributed by atoms with Gasteiger partial charge < -0.3 is 15.0 Å². The lowest BCUT2D eigenvalue weighted by Gasteiger charge is -2.32. The predicted octanol–water partition coefficient (Wildman–Crippen LogP) is 2.06. The number of hydrogen-bond donors (Lipinski definition) is 1. The molecule has 4 heteroatoms. The van der Waals surface area contributed by atoms with E-state index in [1.165, 1.54) is 17.5 Å². The summed E-state index contributed by atoms with van der Waals surface area (Å²) in [5.74, 6) is 0. The van der Waals surface area contributed by atoms with Crippen LogP contribution in [0.15, 0.2) is 12.1 Å². The lowest BCUT2D eigenvalue weighted by atomic mass is 9.76. The molecule has 0 bridgehead atoms. The van der Waals surface area contributed by atoms with Crippen molar-refractivity contribution in [1.29, 1.82) is 0 Å². The third kappa shape index (κ3) is 1.89. The van der Waals surface area contributed by atoms with Gasteiger partial charge in [0.05, 0.1) is 11.2 Å². The molecule has 1 fully saturated rings. The van der Waals surface area contributed by atoms with Crippen LogP contribution in [-0.2, 0) is 22.2 Å². The van der Waals surface area contributed by atoms with Crippen molar-refractivity contribution in [1.82, 2.24) is 0 Å². The number of anilines is 1. The highest BCUT2D eigenvalue weighted by Crippen LogP contribution is 2.37. The number of nitrogens with two attached hydrogens (primary N) is 1. The molecule has 0 aromatic heterocycles. The van der Waals surface area contributed by atoms with E-state index < -0.39 is 0 Å². The fourth-order valence-corrected chi connectivity index (χ4v) is 2.89. The molecule has 3 nitrogen and oxygen atoms in total. The van der Waals surface area contributed by atoms with Crippen molar-refractivity contribution in [2.75, 3.05) is 5.73 Å². The summed E-state index contributed by atoms with van der Waals surface area (Å²) in [7, 11) is -0.351. The summed E-state index contributed by atoms with van der Waals surface area (Å²) in [6.07, 6.45) is 3.42. The fourth-order valence-electron chi connectivity index (χ4n) is 2.89. The van der Waals surface area contributed by atoms with Crippen molar-refractivity contribution in [3.63, 3.8) is 0 Å². The van der Waals surface area contributed by atoms with Crippen LogP contribution in [0.2, 0.25) is 0 Å². The number of fused-ring (bicyclic) bond motifs is 1. The Morgan fingerprint density at radius 3 is 2.32 bits per heavy atom. The van der Waals surface area contributed by atoms with E-state index in [1.54, 1.807) is 0 Å². The van der Waals surface area contributed by atoms with Gasteiger partial charge in [-0.15, -0.1) is 0 Å². The molecule has 102 valence electrons. The zero-order chi connectivity index (χ0) is 13.8. The minimum absolute atomic E-state index is 0.316. The molecule has 1 aliphatic heterocycles. The highest BCUT2D eigenvalue weighted by atomic mass is 16.7. The number of aryl methyl sites for hydroxylation is 1. The Kier molecular flexibility index (Phi) is 2.74. The van der Waals surface area contributed by atoms with Crippen molar-refractivity contribution in [3.05, 3.63) is 23.3 Å². The number of benzene rings is 1. The molecule has 0 radical (unpaired) electrons. The van der Waals surface area contributed by atoms with Gasteiger partial charge in [0.2, 0.25) is 0 Å². The maximum absolute atomic E-state index is 6.33. The average molecular weight is 259 g/mol. The molecule has 1 aromatic carbocycles. The second-order valence-corrected chi connectivity index (χ2v) is 6.65. The molecular weight excluding hydrogens is 237 g/mol. The highest BCUT2D eigenvalue weighted by molar-refractivity contribution is 6.64. The maximum Gasteiger partial charge on any atom is 0.496 e. The standard InChI is InChI=1S/C15H22BNO2/c1-14(2)15(3,4)19-16(18-14)12-9-8-10-6-5-7-11(10)13(12)17/h8-9H,5-7,17H2,1-4H3. The van der Waals surface area contributed by atoms with Crippen LogP contribution in [0.5, 0.6) is 0 Å². The highest BCUT2D eigenvalue weighted by Gasteiger charge is 2.52. The number of hydrogen-bond acceptors (Lipinski definition) is 3. The van der Waals surface area contributed by atoms with Crippen LogP contribution in [-0.4, -0.2) is 18.3 Å². The third-order valence-corrected chi connectivity index (χ3v) is 4.87. The smallest absolute Gasteiger partial charge is 0.399 e. The molecule has 2 aliphatic rings. The van der Waals surface area contributed by atoms with E-state index in [0.29, 0.717) is 0 Å². The molecule has 1 heterocycles. The van der Waals surface area contributed by atoms with E-state index in [9.17, 15) is 0 Å². The van der Waals surface area contributed by atoms with Crippen LogP contribution in [0.1, 0.15) is 45.2 Å². The van der Waals surface area contributed by atoms with Crippen molar-refractivity contribution >= 4 is 18.3 Å². The van der Waals surface area contributed by atoms with Crippen molar-refractivity contribution in [2.45, 2.75) is 58.2 Å². The van der Waals surface area contributed by atoms with Gasteiger partial charge in [-0.05, 0) is 58.1 Å². The largest absolute Gasteiger partial charge is 0.496 e. The lowest BCUT2D eigenvalue weighted by molar-refractivity contribution is 0.00578. The van der Waals surface area contributed by atoms with Gasteiger partial charge in [0.25, 0.3) is 0 Å². The molecule has 3 rings (SSSR count). The summed E-state index contributed by atoms with van der Waals surface area (Å²) in [6.45, 7) is 8.26. The second kappa shape index (κ2) is 4.00. The minimum atomic E-state index is -0.351. The van der Waals surface area contributed by atoms with Gasteiger partial charge in [-0.1, -0.05) is 12.1 Å². The zero-order valence-electron chi connectivity index (χ0n) is 12.2. The van der Waals surface area contributed by atoms with E-state index >= 15 is 0 Å². The zero-order valence-corrected chi connectivity index (χ0v) is 12.2. The van der Waals surface area contributed by atoms with E-state index in [2.05, 4.69) is 39.8 Å². The molecule has 0 unspecified atom stereocenters. The van der Waals surface area contributed by atoms with Gasteiger partial charge in [0.15, 0.2) is 0 Å². The first-order chi connectivity index (χ1) is 8.82. The summed E-state index contributed by atoms with van der Waals surface area (Å²) in [6, 6.07) is 4.25. The van der Waals surface area contributed by atoms with Gasteiger partial charge in [-0.25, -0.2) is 0 Å². The van der Waals surface area contributed by atoms with Crippen LogP contribution < -0.4 is 11.2 Å². The second-order valence-electron chi connectivity index (χ2n) is 6.65. The molecule has 2 N–H and O–H groups in total. The van der Waals surface area contributed by atoms with E-state index in [-0.39, 0.29) is 18.3 Å². The Balaban J connectivity index is 1.97. The lowest BCUT2D eigenvalue weighted by Crippen LogP contribution is -2.41. The molecule has 19 heavy (non-hydrogen) atoms. The van der Waals surface area contributed by atoms with E-state index in [4.69, 9.17) is 15.0 Å². The topological polar surface area (TPSA) is 44.5 Å². The Bertz CT molecular complexity index is 509. The van der Waals surface area contributed by atoms with Crippen molar-refractivity contribution in [3.8, 4) is 0 Å². The first kappa shape index (κ1) is 13.0. The fraction of sp³-hybridized carbons (Fsp3) is 0.600. The number of rotatable bonds is 1. The average Bonchev–Trinajstić information content (AvgIpc) is 2.83. The van der Waals surface area contributed by atoms with Gasteiger partial charge in [-0.2, -0.15) is 0 Å². The van der Waals surface area contributed by atoms with Gasteiger partial charge in [0, 0.05) is 11.2 Å². The Morgan fingerprint density at radius 2 is 1.68 bits per heavy atom. The van der Waals surface area contributed by atoms with Crippen LogP contribution in [0.25, 0.3) is 0 Å². The molecule has 1 aromatic rings.